The van der Waals surface area contributed by atoms with E-state index in [9.17, 15) is 5.11 Å². The predicted octanol–water partition coefficient (Wildman–Crippen LogP) is 4.72. The van der Waals surface area contributed by atoms with Gasteiger partial charge in [0, 0.05) is 16.5 Å². The van der Waals surface area contributed by atoms with Gasteiger partial charge in [0.05, 0.1) is 6.10 Å². The Hall–Kier alpha value is -0.240. The number of halogens is 2. The summed E-state index contributed by atoms with van der Waals surface area (Å²) in [6.45, 7) is 4.48. The van der Waals surface area contributed by atoms with Gasteiger partial charge < -0.3 is 5.11 Å². The van der Waals surface area contributed by atoms with Gasteiger partial charge in [-0.3, -0.25) is 0 Å². The lowest BCUT2D eigenvalue weighted by molar-refractivity contribution is 0.0543. The van der Waals surface area contributed by atoms with Gasteiger partial charge in [0.2, 0.25) is 0 Å². The molecule has 1 aromatic carbocycles. The molecule has 2 atom stereocenters. The molecule has 0 radical (unpaired) electrons. The highest BCUT2D eigenvalue weighted by Gasteiger charge is 2.39. The Morgan fingerprint density at radius 1 is 1.33 bits per heavy atom. The molecule has 0 bridgehead atoms. The molecule has 0 heterocycles. The second kappa shape index (κ2) is 5.40. The minimum atomic E-state index is -0.361. The number of rotatable bonds is 3. The van der Waals surface area contributed by atoms with Crippen LogP contribution in [0.2, 0.25) is 10.0 Å². The summed E-state index contributed by atoms with van der Waals surface area (Å²) in [6.07, 6.45) is 3.67. The number of benzene rings is 1. The molecule has 0 spiro atoms. The van der Waals surface area contributed by atoms with E-state index in [1.165, 1.54) is 12.8 Å². The molecule has 1 saturated carbocycles. The largest absolute Gasteiger partial charge is 0.392 e. The zero-order valence-electron chi connectivity index (χ0n) is 10.9. The third-order valence-corrected chi connectivity index (χ3v) is 4.99. The Morgan fingerprint density at radius 2 is 1.94 bits per heavy atom. The summed E-state index contributed by atoms with van der Waals surface area (Å²) in [5.41, 5.74) is 1.09. The Bertz CT molecular complexity index is 408. The van der Waals surface area contributed by atoms with Crippen LogP contribution in [0.3, 0.4) is 0 Å². The monoisotopic (exact) mass is 286 g/mol. The topological polar surface area (TPSA) is 20.2 Å². The molecule has 0 aliphatic heterocycles. The van der Waals surface area contributed by atoms with Crippen LogP contribution in [0.5, 0.6) is 0 Å². The molecule has 1 nitrogen and oxygen atoms in total. The first-order chi connectivity index (χ1) is 8.42. The summed E-state index contributed by atoms with van der Waals surface area (Å²) in [5.74, 6) is 0.338. The lowest BCUT2D eigenvalue weighted by Gasteiger charge is -2.31. The molecule has 100 valence electrons. The molecular formula is C15H20Cl2O. The maximum absolute atomic E-state index is 10.5. The van der Waals surface area contributed by atoms with Crippen LogP contribution < -0.4 is 0 Å². The van der Waals surface area contributed by atoms with Crippen LogP contribution in [0.25, 0.3) is 0 Å². The number of hydrogen-bond acceptors (Lipinski definition) is 1. The molecule has 1 N–H and O–H groups in total. The van der Waals surface area contributed by atoms with Crippen LogP contribution in [0.15, 0.2) is 18.2 Å². The minimum Gasteiger partial charge on any atom is -0.392 e. The summed E-state index contributed by atoms with van der Waals surface area (Å²) in [7, 11) is 0. The van der Waals surface area contributed by atoms with Gasteiger partial charge in [0.25, 0.3) is 0 Å². The average Bonchev–Trinajstić information content (AvgIpc) is 2.63. The van der Waals surface area contributed by atoms with E-state index in [-0.39, 0.29) is 11.5 Å². The first-order valence-corrected chi connectivity index (χ1v) is 7.28. The summed E-state index contributed by atoms with van der Waals surface area (Å²) in [4.78, 5) is 0. The third kappa shape index (κ3) is 2.84. The standard InChI is InChI=1S/C15H20Cl2O/c1-15(2)8-4-5-11(15)14(18)9-10-12(16)6-3-7-13(10)17/h3,6-7,11,14,18H,4-5,8-9H2,1-2H3. The van der Waals surface area contributed by atoms with Gasteiger partial charge in [-0.2, -0.15) is 0 Å². The van der Waals surface area contributed by atoms with Crippen molar-refractivity contribution in [3.8, 4) is 0 Å². The zero-order chi connectivity index (χ0) is 13.3. The van der Waals surface area contributed by atoms with Crippen molar-refractivity contribution in [2.45, 2.75) is 45.6 Å². The van der Waals surface area contributed by atoms with Gasteiger partial charge >= 0.3 is 0 Å². The summed E-state index contributed by atoms with van der Waals surface area (Å²) < 4.78 is 0. The molecule has 3 heteroatoms. The van der Waals surface area contributed by atoms with Crippen LogP contribution in [0.1, 0.15) is 38.7 Å². The van der Waals surface area contributed by atoms with E-state index >= 15 is 0 Å². The molecule has 1 fully saturated rings. The smallest absolute Gasteiger partial charge is 0.0614 e. The highest BCUT2D eigenvalue weighted by molar-refractivity contribution is 6.35. The van der Waals surface area contributed by atoms with Gasteiger partial charge in [-0.25, -0.2) is 0 Å². The Balaban J connectivity index is 2.14. The van der Waals surface area contributed by atoms with Crippen molar-refractivity contribution < 1.29 is 5.11 Å². The van der Waals surface area contributed by atoms with Crippen molar-refractivity contribution in [3.05, 3.63) is 33.8 Å². The normalized spacial score (nSPS) is 24.2. The first kappa shape index (κ1) is 14.2. The van der Waals surface area contributed by atoms with E-state index in [1.807, 2.05) is 18.2 Å². The second-order valence-corrected chi connectivity index (χ2v) is 6.77. The molecule has 1 aliphatic rings. The van der Waals surface area contributed by atoms with Crippen LogP contribution in [-0.4, -0.2) is 11.2 Å². The fourth-order valence-electron chi connectivity index (χ4n) is 3.15. The highest BCUT2D eigenvalue weighted by Crippen LogP contribution is 2.45. The van der Waals surface area contributed by atoms with E-state index in [0.29, 0.717) is 22.4 Å². The summed E-state index contributed by atoms with van der Waals surface area (Å²) >= 11 is 12.3. The maximum Gasteiger partial charge on any atom is 0.0614 e. The molecule has 0 aromatic heterocycles. The van der Waals surface area contributed by atoms with Crippen molar-refractivity contribution in [1.29, 1.82) is 0 Å². The predicted molar refractivity (Wildman–Crippen MR) is 77.3 cm³/mol. The Labute approximate surface area is 119 Å². The fraction of sp³-hybridized carbons (Fsp3) is 0.600. The Kier molecular flexibility index (Phi) is 4.25. The summed E-state index contributed by atoms with van der Waals surface area (Å²) in [6, 6.07) is 5.49. The second-order valence-electron chi connectivity index (χ2n) is 5.96. The molecule has 1 aromatic rings. The zero-order valence-corrected chi connectivity index (χ0v) is 12.4. The molecule has 1 aliphatic carbocycles. The molecule has 2 rings (SSSR count). The van der Waals surface area contributed by atoms with Crippen LogP contribution in [0, 0.1) is 11.3 Å². The molecule has 18 heavy (non-hydrogen) atoms. The average molecular weight is 287 g/mol. The van der Waals surface area contributed by atoms with E-state index < -0.39 is 0 Å². The van der Waals surface area contributed by atoms with Gasteiger partial charge in [0.15, 0.2) is 0 Å². The van der Waals surface area contributed by atoms with E-state index in [1.54, 1.807) is 0 Å². The fourth-order valence-corrected chi connectivity index (χ4v) is 3.70. The number of hydrogen-bond donors (Lipinski definition) is 1. The van der Waals surface area contributed by atoms with Crippen LogP contribution in [-0.2, 0) is 6.42 Å². The van der Waals surface area contributed by atoms with E-state index in [4.69, 9.17) is 23.2 Å². The van der Waals surface area contributed by atoms with E-state index in [2.05, 4.69) is 13.8 Å². The summed E-state index contributed by atoms with van der Waals surface area (Å²) in [5, 5.41) is 11.8. The lowest BCUT2D eigenvalue weighted by atomic mass is 9.77. The van der Waals surface area contributed by atoms with E-state index in [0.717, 1.165) is 12.0 Å². The maximum atomic E-state index is 10.5. The molecule has 2 unspecified atom stereocenters. The number of aliphatic hydroxyl groups excluding tert-OH is 1. The SMILES string of the molecule is CC1(C)CCCC1C(O)Cc1c(Cl)cccc1Cl. The lowest BCUT2D eigenvalue weighted by Crippen LogP contribution is -2.31. The van der Waals surface area contributed by atoms with Gasteiger partial charge in [0.1, 0.15) is 0 Å². The third-order valence-electron chi connectivity index (χ3n) is 4.28. The van der Waals surface area contributed by atoms with Crippen LogP contribution >= 0.6 is 23.2 Å². The van der Waals surface area contributed by atoms with Crippen molar-refractivity contribution in [3.63, 3.8) is 0 Å². The van der Waals surface area contributed by atoms with Crippen molar-refractivity contribution in [2.24, 2.45) is 11.3 Å². The Morgan fingerprint density at radius 3 is 2.44 bits per heavy atom. The number of aliphatic hydroxyl groups is 1. The van der Waals surface area contributed by atoms with Crippen LogP contribution in [0.4, 0.5) is 0 Å². The quantitative estimate of drug-likeness (QED) is 0.852. The van der Waals surface area contributed by atoms with Gasteiger partial charge in [-0.05, 0) is 41.9 Å². The first-order valence-electron chi connectivity index (χ1n) is 6.53. The van der Waals surface area contributed by atoms with Crippen molar-refractivity contribution >= 4 is 23.2 Å². The highest BCUT2D eigenvalue weighted by atomic mass is 35.5. The molecule has 0 saturated heterocycles. The van der Waals surface area contributed by atoms with Crippen molar-refractivity contribution in [2.75, 3.05) is 0 Å². The van der Waals surface area contributed by atoms with Crippen molar-refractivity contribution in [1.82, 2.24) is 0 Å². The molecule has 0 amide bonds. The molecular weight excluding hydrogens is 267 g/mol. The minimum absolute atomic E-state index is 0.215. The van der Waals surface area contributed by atoms with Gasteiger partial charge in [-0.15, -0.1) is 0 Å². The van der Waals surface area contributed by atoms with Gasteiger partial charge in [-0.1, -0.05) is 49.5 Å².